The van der Waals surface area contributed by atoms with E-state index in [1.807, 2.05) is 11.8 Å². The summed E-state index contributed by atoms with van der Waals surface area (Å²) in [7, 11) is 0. The number of rotatable bonds is 4. The van der Waals surface area contributed by atoms with Gasteiger partial charge in [-0.2, -0.15) is 0 Å². The molecule has 0 amide bonds. The third-order valence-electron chi connectivity index (χ3n) is 5.00. The molecule has 144 valence electrons. The molecule has 0 saturated heterocycles. The molecule has 2 unspecified atom stereocenters. The second kappa shape index (κ2) is 7.47. The maximum atomic E-state index is 13.5. The van der Waals surface area contributed by atoms with Crippen molar-refractivity contribution >= 4 is 5.95 Å². The monoisotopic (exact) mass is 381 g/mol. The van der Waals surface area contributed by atoms with E-state index in [9.17, 15) is 14.3 Å². The normalized spacial score (nSPS) is 17.2. The summed E-state index contributed by atoms with van der Waals surface area (Å²) in [6.45, 7) is 2.77. The molecule has 0 fully saturated rings. The predicted octanol–water partition coefficient (Wildman–Crippen LogP) is 2.17. The van der Waals surface area contributed by atoms with Crippen molar-refractivity contribution < 1.29 is 9.50 Å². The summed E-state index contributed by atoms with van der Waals surface area (Å²) in [5, 5.41) is 10.7. The molecule has 0 radical (unpaired) electrons. The zero-order valence-corrected chi connectivity index (χ0v) is 15.4. The van der Waals surface area contributed by atoms with Crippen LogP contribution in [0.2, 0.25) is 0 Å². The molecule has 4 rings (SSSR count). The summed E-state index contributed by atoms with van der Waals surface area (Å²) in [5.41, 5.74) is 1.33. The predicted molar refractivity (Wildman–Crippen MR) is 102 cm³/mol. The maximum absolute atomic E-state index is 13.5. The first kappa shape index (κ1) is 18.2. The van der Waals surface area contributed by atoms with Crippen molar-refractivity contribution in [1.82, 2.24) is 19.5 Å². The van der Waals surface area contributed by atoms with Gasteiger partial charge in [-0.1, -0.05) is 12.1 Å². The fourth-order valence-corrected chi connectivity index (χ4v) is 3.43. The van der Waals surface area contributed by atoms with Crippen LogP contribution in [-0.2, 0) is 6.54 Å². The van der Waals surface area contributed by atoms with E-state index in [1.54, 1.807) is 29.0 Å². The topological polar surface area (TPSA) is 84.1 Å². The molecule has 1 N–H and O–H groups in total. The van der Waals surface area contributed by atoms with Crippen LogP contribution in [-0.4, -0.2) is 37.2 Å². The van der Waals surface area contributed by atoms with Gasteiger partial charge in [-0.15, -0.1) is 0 Å². The van der Waals surface area contributed by atoms with Crippen LogP contribution in [0.1, 0.15) is 25.0 Å². The van der Waals surface area contributed by atoms with E-state index in [0.29, 0.717) is 29.4 Å². The molecule has 3 aromatic rings. The summed E-state index contributed by atoms with van der Waals surface area (Å²) in [5.74, 6) is 0.0827. The van der Waals surface area contributed by atoms with Crippen LogP contribution in [0.25, 0.3) is 11.4 Å². The number of aliphatic hydroxyl groups excluding tert-OH is 1. The smallest absolute Gasteiger partial charge is 0.255 e. The summed E-state index contributed by atoms with van der Waals surface area (Å²) < 4.78 is 15.1. The Morgan fingerprint density at radius 3 is 2.89 bits per heavy atom. The van der Waals surface area contributed by atoms with Gasteiger partial charge in [-0.05, 0) is 37.1 Å². The molecule has 1 aromatic carbocycles. The highest BCUT2D eigenvalue weighted by molar-refractivity contribution is 5.55. The fraction of sp³-hybridized carbons (Fsp3) is 0.300. The van der Waals surface area contributed by atoms with E-state index in [4.69, 9.17) is 0 Å². The molecule has 2 aromatic heterocycles. The first-order chi connectivity index (χ1) is 13.5. The minimum Gasteiger partial charge on any atom is -0.387 e. The highest BCUT2D eigenvalue weighted by Crippen LogP contribution is 2.27. The van der Waals surface area contributed by atoms with Crippen molar-refractivity contribution in [2.24, 2.45) is 0 Å². The molecule has 3 heterocycles. The lowest BCUT2D eigenvalue weighted by Crippen LogP contribution is -2.45. The zero-order valence-electron chi connectivity index (χ0n) is 15.4. The lowest BCUT2D eigenvalue weighted by atomic mass is 10.1. The Bertz CT molecular complexity index is 1040. The first-order valence-electron chi connectivity index (χ1n) is 9.11. The van der Waals surface area contributed by atoms with Gasteiger partial charge in [-0.25, -0.2) is 19.3 Å². The van der Waals surface area contributed by atoms with E-state index < -0.39 is 11.9 Å². The molecule has 0 saturated carbocycles. The van der Waals surface area contributed by atoms with Crippen molar-refractivity contribution in [3.05, 3.63) is 70.7 Å². The highest BCUT2D eigenvalue weighted by atomic mass is 19.1. The molecular weight excluding hydrogens is 361 g/mol. The number of hydrogen-bond acceptors (Lipinski definition) is 6. The Morgan fingerprint density at radius 1 is 1.29 bits per heavy atom. The van der Waals surface area contributed by atoms with Gasteiger partial charge in [0.2, 0.25) is 5.95 Å². The Kier molecular flexibility index (Phi) is 4.87. The second-order valence-electron chi connectivity index (χ2n) is 6.89. The highest BCUT2D eigenvalue weighted by Gasteiger charge is 2.28. The number of nitrogens with zero attached hydrogens (tertiary/aromatic N) is 5. The summed E-state index contributed by atoms with van der Waals surface area (Å²) >= 11 is 0. The molecule has 28 heavy (non-hydrogen) atoms. The fourth-order valence-electron chi connectivity index (χ4n) is 3.43. The lowest BCUT2D eigenvalue weighted by molar-refractivity contribution is 0.177. The Labute approximate surface area is 161 Å². The average molecular weight is 381 g/mol. The number of aromatic nitrogens is 4. The molecule has 2 atom stereocenters. The van der Waals surface area contributed by atoms with Gasteiger partial charge >= 0.3 is 0 Å². The third kappa shape index (κ3) is 3.50. The second-order valence-corrected chi connectivity index (χ2v) is 6.89. The quantitative estimate of drug-likeness (QED) is 0.746. The summed E-state index contributed by atoms with van der Waals surface area (Å²) in [6.07, 6.45) is 2.83. The SMILES string of the molecule is CC1CCn2c(nc(-c3ccncn3)cc2=O)N1CC(O)c1cccc(F)c1. The number of aliphatic hydroxyl groups is 1. The van der Waals surface area contributed by atoms with E-state index in [1.165, 1.54) is 24.5 Å². The van der Waals surface area contributed by atoms with Crippen LogP contribution >= 0.6 is 0 Å². The van der Waals surface area contributed by atoms with Gasteiger partial charge in [0.25, 0.3) is 5.56 Å². The average Bonchev–Trinajstić information content (AvgIpc) is 2.70. The van der Waals surface area contributed by atoms with Gasteiger partial charge in [-0.3, -0.25) is 9.36 Å². The molecular formula is C20H20FN5O2. The van der Waals surface area contributed by atoms with Crippen LogP contribution in [0.15, 0.2) is 53.7 Å². The number of halogens is 1. The van der Waals surface area contributed by atoms with Crippen LogP contribution < -0.4 is 10.5 Å². The molecule has 0 bridgehead atoms. The van der Waals surface area contributed by atoms with E-state index in [2.05, 4.69) is 15.0 Å². The van der Waals surface area contributed by atoms with Crippen LogP contribution in [0.4, 0.5) is 10.3 Å². The van der Waals surface area contributed by atoms with Crippen molar-refractivity contribution in [1.29, 1.82) is 0 Å². The Morgan fingerprint density at radius 2 is 2.14 bits per heavy atom. The summed E-state index contributed by atoms with van der Waals surface area (Å²) in [6, 6.07) is 9.12. The van der Waals surface area contributed by atoms with Gasteiger partial charge in [0, 0.05) is 24.8 Å². The minimum atomic E-state index is -0.913. The first-order valence-corrected chi connectivity index (χ1v) is 9.11. The van der Waals surface area contributed by atoms with E-state index in [0.717, 1.165) is 6.42 Å². The molecule has 1 aliphatic heterocycles. The Hall–Kier alpha value is -3.13. The van der Waals surface area contributed by atoms with Crippen molar-refractivity contribution in [3.63, 3.8) is 0 Å². The largest absolute Gasteiger partial charge is 0.387 e. The molecule has 0 aliphatic carbocycles. The van der Waals surface area contributed by atoms with Crippen molar-refractivity contribution in [2.75, 3.05) is 11.4 Å². The molecule has 0 spiro atoms. The van der Waals surface area contributed by atoms with Crippen LogP contribution in [0.3, 0.4) is 0 Å². The molecule has 1 aliphatic rings. The lowest BCUT2D eigenvalue weighted by Gasteiger charge is -2.37. The van der Waals surface area contributed by atoms with Crippen LogP contribution in [0.5, 0.6) is 0 Å². The maximum Gasteiger partial charge on any atom is 0.255 e. The van der Waals surface area contributed by atoms with Gasteiger partial charge in [0.1, 0.15) is 12.1 Å². The standard InChI is InChI=1S/C20H20FN5O2/c1-13-6-8-25-19(28)10-17(16-5-7-22-12-23-16)24-20(25)26(13)11-18(27)14-3-2-4-15(21)9-14/h2-5,7,9-10,12-13,18,27H,6,8,11H2,1H3. The number of fused-ring (bicyclic) bond motifs is 1. The summed E-state index contributed by atoms with van der Waals surface area (Å²) in [4.78, 5) is 27.3. The third-order valence-corrected chi connectivity index (χ3v) is 5.00. The van der Waals surface area contributed by atoms with E-state index >= 15 is 0 Å². The zero-order chi connectivity index (χ0) is 19.7. The number of benzene rings is 1. The number of anilines is 1. The molecule has 8 heteroatoms. The van der Waals surface area contributed by atoms with Gasteiger partial charge in [0.05, 0.1) is 24.0 Å². The number of hydrogen-bond donors (Lipinski definition) is 1. The van der Waals surface area contributed by atoms with E-state index in [-0.39, 0.29) is 18.1 Å². The van der Waals surface area contributed by atoms with Crippen molar-refractivity contribution in [2.45, 2.75) is 32.0 Å². The molecule has 7 nitrogen and oxygen atoms in total. The van der Waals surface area contributed by atoms with Gasteiger partial charge < -0.3 is 10.0 Å². The minimum absolute atomic E-state index is 0.0655. The van der Waals surface area contributed by atoms with Gasteiger partial charge in [0.15, 0.2) is 0 Å². The number of β-amino-alcohol motifs (C(OH)–C–C–N with tert-alkyl or cyclic N) is 1. The Balaban J connectivity index is 1.72. The van der Waals surface area contributed by atoms with Crippen molar-refractivity contribution in [3.8, 4) is 11.4 Å². The van der Waals surface area contributed by atoms with Crippen LogP contribution in [0, 0.1) is 5.82 Å².